The Labute approximate surface area is 160 Å². The molecule has 2 aliphatic carbocycles. The lowest BCUT2D eigenvalue weighted by atomic mass is 9.55. The van der Waals surface area contributed by atoms with Crippen molar-refractivity contribution in [3.63, 3.8) is 0 Å². The number of hydrogen-bond acceptors (Lipinski definition) is 1. The summed E-state index contributed by atoms with van der Waals surface area (Å²) in [6.45, 7) is 13.6. The fourth-order valence-corrected chi connectivity index (χ4v) is 4.61. The maximum absolute atomic E-state index is 13.4. The van der Waals surface area contributed by atoms with Crippen molar-refractivity contribution in [1.29, 1.82) is 0 Å². The van der Waals surface area contributed by atoms with E-state index in [1.807, 2.05) is 24.3 Å². The topological polar surface area (TPSA) is 17.1 Å². The molecule has 0 aromatic heterocycles. The second-order valence-electron chi connectivity index (χ2n) is 9.33. The first-order valence-corrected chi connectivity index (χ1v) is 10.00. The average molecular weight is 401 g/mol. The lowest BCUT2D eigenvalue weighted by Crippen LogP contribution is -2.39. The Kier molecular flexibility index (Phi) is 4.43. The second-order valence-corrected chi connectivity index (χ2v) is 10.2. The maximum Gasteiger partial charge on any atom is 0.173 e. The van der Waals surface area contributed by atoms with Crippen molar-refractivity contribution < 1.29 is 4.79 Å². The number of ketones is 1. The number of carbonyl (C=O) groups excluding carboxylic acids is 1. The Morgan fingerprint density at radius 1 is 0.960 bits per heavy atom. The Balaban J connectivity index is 2.06. The van der Waals surface area contributed by atoms with E-state index in [0.717, 1.165) is 16.5 Å². The van der Waals surface area contributed by atoms with Gasteiger partial charge in [0, 0.05) is 10.0 Å². The third kappa shape index (κ3) is 3.07. The van der Waals surface area contributed by atoms with E-state index in [0.29, 0.717) is 0 Å². The molecule has 0 aliphatic heterocycles. The predicted octanol–water partition coefficient (Wildman–Crippen LogP) is 7.13. The van der Waals surface area contributed by atoms with Crippen LogP contribution < -0.4 is 0 Å². The van der Waals surface area contributed by atoms with Crippen LogP contribution in [0.5, 0.6) is 0 Å². The molecule has 0 saturated carbocycles. The van der Waals surface area contributed by atoms with Gasteiger partial charge in [0.1, 0.15) is 0 Å². The molecule has 25 heavy (non-hydrogen) atoms. The van der Waals surface area contributed by atoms with Crippen LogP contribution >= 0.6 is 15.9 Å². The van der Waals surface area contributed by atoms with Crippen LogP contribution in [0.1, 0.15) is 71.2 Å². The van der Waals surface area contributed by atoms with E-state index in [2.05, 4.69) is 63.5 Å². The number of Topliss-reactive ketones (excluding diaryl/α,β-unsaturated/α-hetero) is 1. The van der Waals surface area contributed by atoms with E-state index in [-0.39, 0.29) is 16.6 Å². The van der Waals surface area contributed by atoms with Gasteiger partial charge in [-0.1, -0.05) is 73.0 Å². The highest BCUT2D eigenvalue weighted by Gasteiger charge is 2.47. The minimum absolute atomic E-state index is 0.170. The molecular formula is C23H29BrO. The Morgan fingerprint density at radius 3 is 2.12 bits per heavy atom. The zero-order valence-corrected chi connectivity index (χ0v) is 17.9. The first-order valence-electron chi connectivity index (χ1n) is 9.21. The molecule has 1 aromatic carbocycles. The SMILES string of the molecule is CC1=CC2=C(CC1(C)C(=O)c1ccc(Br)cc1)C(C)(C)CCC2(C)C. The highest BCUT2D eigenvalue weighted by molar-refractivity contribution is 9.10. The van der Waals surface area contributed by atoms with Crippen molar-refractivity contribution >= 4 is 21.7 Å². The molecule has 0 N–H and O–H groups in total. The maximum atomic E-state index is 13.4. The number of halogens is 1. The van der Waals surface area contributed by atoms with E-state index in [9.17, 15) is 4.79 Å². The quantitative estimate of drug-likeness (QED) is 0.482. The molecule has 1 unspecified atom stereocenters. The van der Waals surface area contributed by atoms with Crippen molar-refractivity contribution in [1.82, 2.24) is 0 Å². The molecule has 1 atom stereocenters. The van der Waals surface area contributed by atoms with Gasteiger partial charge in [-0.2, -0.15) is 0 Å². The molecule has 0 spiro atoms. The van der Waals surface area contributed by atoms with Crippen molar-refractivity contribution in [2.75, 3.05) is 0 Å². The molecule has 3 rings (SSSR count). The van der Waals surface area contributed by atoms with Crippen LogP contribution in [0.2, 0.25) is 0 Å². The molecule has 0 radical (unpaired) electrons. The van der Waals surface area contributed by atoms with Crippen molar-refractivity contribution in [2.45, 2.75) is 60.8 Å². The number of allylic oxidation sites excluding steroid dienone is 4. The van der Waals surface area contributed by atoms with E-state index in [1.165, 1.54) is 29.6 Å². The highest BCUT2D eigenvalue weighted by atomic mass is 79.9. The van der Waals surface area contributed by atoms with Crippen LogP contribution in [0.25, 0.3) is 0 Å². The lowest BCUT2D eigenvalue weighted by Gasteiger charge is -2.48. The third-order valence-corrected chi connectivity index (χ3v) is 7.14. The van der Waals surface area contributed by atoms with Crippen LogP contribution in [0.3, 0.4) is 0 Å². The number of rotatable bonds is 2. The normalized spacial score (nSPS) is 27.6. The van der Waals surface area contributed by atoms with Gasteiger partial charge < -0.3 is 0 Å². The largest absolute Gasteiger partial charge is 0.293 e. The summed E-state index contributed by atoms with van der Waals surface area (Å²) in [6, 6.07) is 7.78. The molecule has 0 bridgehead atoms. The minimum atomic E-state index is -0.447. The summed E-state index contributed by atoms with van der Waals surface area (Å²) in [6.07, 6.45) is 5.57. The van der Waals surface area contributed by atoms with Gasteiger partial charge in [0.15, 0.2) is 5.78 Å². The monoisotopic (exact) mass is 400 g/mol. The smallest absolute Gasteiger partial charge is 0.173 e. The second kappa shape index (κ2) is 5.94. The van der Waals surface area contributed by atoms with Gasteiger partial charge in [-0.05, 0) is 61.6 Å². The summed E-state index contributed by atoms with van der Waals surface area (Å²) in [4.78, 5) is 13.4. The summed E-state index contributed by atoms with van der Waals surface area (Å²) in [7, 11) is 0. The highest BCUT2D eigenvalue weighted by Crippen LogP contribution is 2.56. The molecule has 2 aliphatic rings. The Morgan fingerprint density at radius 2 is 1.52 bits per heavy atom. The van der Waals surface area contributed by atoms with E-state index in [1.54, 1.807) is 0 Å². The van der Waals surface area contributed by atoms with Gasteiger partial charge in [-0.25, -0.2) is 0 Å². The summed E-state index contributed by atoms with van der Waals surface area (Å²) in [5.41, 5.74) is 4.89. The first kappa shape index (κ1) is 18.6. The van der Waals surface area contributed by atoms with Gasteiger partial charge in [0.25, 0.3) is 0 Å². The van der Waals surface area contributed by atoms with Crippen LogP contribution in [-0.4, -0.2) is 5.78 Å². The van der Waals surface area contributed by atoms with Gasteiger partial charge in [-0.3, -0.25) is 4.79 Å². The van der Waals surface area contributed by atoms with Gasteiger partial charge in [0.05, 0.1) is 5.41 Å². The number of carbonyl (C=O) groups is 1. The summed E-state index contributed by atoms with van der Waals surface area (Å²) in [5, 5.41) is 0. The molecule has 1 aromatic rings. The Hall–Kier alpha value is -1.15. The number of hydrogen-bond donors (Lipinski definition) is 0. The number of benzene rings is 1. The Bertz CT molecular complexity index is 777. The zero-order chi connectivity index (χ0) is 18.6. The molecule has 2 heteroatoms. The van der Waals surface area contributed by atoms with Gasteiger partial charge in [-0.15, -0.1) is 0 Å². The summed E-state index contributed by atoms with van der Waals surface area (Å²) in [5.74, 6) is 0.236. The molecule has 0 amide bonds. The molecule has 134 valence electrons. The van der Waals surface area contributed by atoms with E-state index >= 15 is 0 Å². The van der Waals surface area contributed by atoms with Crippen LogP contribution in [0.4, 0.5) is 0 Å². The van der Waals surface area contributed by atoms with E-state index in [4.69, 9.17) is 0 Å². The zero-order valence-electron chi connectivity index (χ0n) is 16.3. The summed E-state index contributed by atoms with van der Waals surface area (Å²) >= 11 is 3.46. The molecular weight excluding hydrogens is 372 g/mol. The predicted molar refractivity (Wildman–Crippen MR) is 109 cm³/mol. The average Bonchev–Trinajstić information content (AvgIpc) is 2.54. The first-order chi connectivity index (χ1) is 11.5. The van der Waals surface area contributed by atoms with Crippen LogP contribution in [0, 0.1) is 16.2 Å². The molecule has 1 nitrogen and oxygen atoms in total. The fraction of sp³-hybridized carbons (Fsp3) is 0.522. The van der Waals surface area contributed by atoms with Crippen molar-refractivity contribution in [3.8, 4) is 0 Å². The van der Waals surface area contributed by atoms with Crippen molar-refractivity contribution in [3.05, 3.63) is 57.1 Å². The third-order valence-electron chi connectivity index (χ3n) is 6.62. The molecule has 0 heterocycles. The standard InChI is InChI=1S/C23H29BrO/c1-15-13-18-19(22(4,5)12-11-21(18,2)3)14-23(15,6)20(25)16-7-9-17(24)10-8-16/h7-10,13H,11-12,14H2,1-6H3. The fourth-order valence-electron chi connectivity index (χ4n) is 4.35. The summed E-state index contributed by atoms with van der Waals surface area (Å²) < 4.78 is 1.00. The van der Waals surface area contributed by atoms with Gasteiger partial charge >= 0.3 is 0 Å². The van der Waals surface area contributed by atoms with Crippen LogP contribution in [-0.2, 0) is 0 Å². The van der Waals surface area contributed by atoms with Crippen LogP contribution in [0.15, 0.2) is 51.5 Å². The molecule has 0 fully saturated rings. The minimum Gasteiger partial charge on any atom is -0.293 e. The lowest BCUT2D eigenvalue weighted by molar-refractivity contribution is 0.0841. The molecule has 0 saturated heterocycles. The van der Waals surface area contributed by atoms with Gasteiger partial charge in [0.2, 0.25) is 0 Å². The van der Waals surface area contributed by atoms with Crippen molar-refractivity contribution in [2.24, 2.45) is 16.2 Å². The van der Waals surface area contributed by atoms with E-state index < -0.39 is 5.41 Å².